The predicted octanol–water partition coefficient (Wildman–Crippen LogP) is 2.82. The van der Waals surface area contributed by atoms with Crippen LogP contribution < -0.4 is 5.32 Å². The Hall–Kier alpha value is -3.28. The maximum atomic E-state index is 4.34. The number of benzene rings is 1. The standard InChI is InChI=1S/C17H14N6/c1-2-14-15(21-6-5-20-14)9-13(1)10-22-16-11-18-4-3-17(16)23-8-7-19-12-23/h1-9,11-12,22H,10H2. The van der Waals surface area contributed by atoms with E-state index in [2.05, 4.69) is 31.3 Å². The van der Waals surface area contributed by atoms with Crippen molar-refractivity contribution in [2.75, 3.05) is 5.32 Å². The van der Waals surface area contributed by atoms with Gasteiger partial charge < -0.3 is 9.88 Å². The third-order valence-electron chi connectivity index (χ3n) is 3.60. The first-order valence-electron chi connectivity index (χ1n) is 7.26. The van der Waals surface area contributed by atoms with E-state index in [9.17, 15) is 0 Å². The van der Waals surface area contributed by atoms with Crippen molar-refractivity contribution >= 4 is 16.7 Å². The molecule has 0 saturated heterocycles. The molecule has 0 radical (unpaired) electrons. The lowest BCUT2D eigenvalue weighted by molar-refractivity contribution is 1.03. The fourth-order valence-electron chi connectivity index (χ4n) is 2.47. The Morgan fingerprint density at radius 2 is 1.83 bits per heavy atom. The van der Waals surface area contributed by atoms with Crippen LogP contribution in [0.25, 0.3) is 16.7 Å². The second kappa shape index (κ2) is 5.84. The van der Waals surface area contributed by atoms with Gasteiger partial charge in [0.05, 0.1) is 34.9 Å². The summed E-state index contributed by atoms with van der Waals surface area (Å²) in [7, 11) is 0. The molecule has 0 bridgehead atoms. The van der Waals surface area contributed by atoms with Crippen LogP contribution in [0.1, 0.15) is 5.56 Å². The van der Waals surface area contributed by atoms with Crippen molar-refractivity contribution in [3.63, 3.8) is 0 Å². The molecule has 4 rings (SSSR count). The van der Waals surface area contributed by atoms with Crippen molar-refractivity contribution in [1.29, 1.82) is 0 Å². The number of aromatic nitrogens is 5. The number of imidazole rings is 1. The van der Waals surface area contributed by atoms with Crippen molar-refractivity contribution in [3.05, 3.63) is 73.3 Å². The van der Waals surface area contributed by atoms with Gasteiger partial charge in [-0.25, -0.2) is 4.98 Å². The summed E-state index contributed by atoms with van der Waals surface area (Å²) in [6, 6.07) is 8.04. The van der Waals surface area contributed by atoms with E-state index >= 15 is 0 Å². The molecular weight excluding hydrogens is 288 g/mol. The van der Waals surface area contributed by atoms with Crippen LogP contribution in [0.15, 0.2) is 67.8 Å². The summed E-state index contributed by atoms with van der Waals surface area (Å²) < 4.78 is 1.95. The Balaban J connectivity index is 1.59. The zero-order valence-corrected chi connectivity index (χ0v) is 12.3. The molecule has 6 heteroatoms. The zero-order chi connectivity index (χ0) is 15.5. The summed E-state index contributed by atoms with van der Waals surface area (Å²) in [5, 5.41) is 3.42. The monoisotopic (exact) mass is 302 g/mol. The van der Waals surface area contributed by atoms with Crippen LogP contribution in [0.4, 0.5) is 5.69 Å². The van der Waals surface area contributed by atoms with Crippen LogP contribution in [0, 0.1) is 0 Å². The smallest absolute Gasteiger partial charge is 0.0992 e. The summed E-state index contributed by atoms with van der Waals surface area (Å²) in [4.78, 5) is 16.9. The molecule has 0 saturated carbocycles. The van der Waals surface area contributed by atoms with E-state index in [4.69, 9.17) is 0 Å². The second-order valence-electron chi connectivity index (χ2n) is 5.10. The summed E-state index contributed by atoms with van der Waals surface area (Å²) in [5.74, 6) is 0. The molecule has 1 aromatic carbocycles. The minimum atomic E-state index is 0.680. The van der Waals surface area contributed by atoms with Gasteiger partial charge in [-0.3, -0.25) is 15.0 Å². The number of nitrogens with one attached hydrogen (secondary N) is 1. The second-order valence-corrected chi connectivity index (χ2v) is 5.10. The highest BCUT2D eigenvalue weighted by Crippen LogP contribution is 2.19. The highest BCUT2D eigenvalue weighted by atomic mass is 15.1. The Morgan fingerprint density at radius 3 is 2.70 bits per heavy atom. The maximum Gasteiger partial charge on any atom is 0.0992 e. The lowest BCUT2D eigenvalue weighted by Crippen LogP contribution is -2.04. The summed E-state index contributed by atoms with van der Waals surface area (Å²) >= 11 is 0. The average molecular weight is 302 g/mol. The van der Waals surface area contributed by atoms with Crippen LogP contribution in [0.2, 0.25) is 0 Å². The lowest BCUT2D eigenvalue weighted by Gasteiger charge is -2.12. The van der Waals surface area contributed by atoms with Gasteiger partial charge in [-0.05, 0) is 23.8 Å². The first-order chi connectivity index (χ1) is 11.4. The van der Waals surface area contributed by atoms with Gasteiger partial charge in [0.2, 0.25) is 0 Å². The molecule has 1 N–H and O–H groups in total. The third kappa shape index (κ3) is 2.74. The highest BCUT2D eigenvalue weighted by molar-refractivity contribution is 5.74. The van der Waals surface area contributed by atoms with Gasteiger partial charge >= 0.3 is 0 Å². The van der Waals surface area contributed by atoms with E-state index in [1.54, 1.807) is 31.1 Å². The average Bonchev–Trinajstić information content (AvgIpc) is 3.14. The summed E-state index contributed by atoms with van der Waals surface area (Å²) in [5.41, 5.74) is 4.89. The van der Waals surface area contributed by atoms with Crippen molar-refractivity contribution in [2.24, 2.45) is 0 Å². The molecular formula is C17H14N6. The van der Waals surface area contributed by atoms with E-state index in [-0.39, 0.29) is 0 Å². The number of nitrogens with zero attached hydrogens (tertiary/aromatic N) is 5. The minimum absolute atomic E-state index is 0.680. The van der Waals surface area contributed by atoms with Gasteiger partial charge in [-0.15, -0.1) is 0 Å². The summed E-state index contributed by atoms with van der Waals surface area (Å²) in [6.45, 7) is 0.680. The number of hydrogen-bond donors (Lipinski definition) is 1. The number of rotatable bonds is 4. The lowest BCUT2D eigenvalue weighted by atomic mass is 10.2. The van der Waals surface area contributed by atoms with Crippen LogP contribution >= 0.6 is 0 Å². The van der Waals surface area contributed by atoms with Crippen molar-refractivity contribution in [3.8, 4) is 5.69 Å². The molecule has 0 aliphatic rings. The Morgan fingerprint density at radius 1 is 0.913 bits per heavy atom. The fourth-order valence-corrected chi connectivity index (χ4v) is 2.47. The van der Waals surface area contributed by atoms with Gasteiger partial charge in [0.1, 0.15) is 0 Å². The molecule has 6 nitrogen and oxygen atoms in total. The zero-order valence-electron chi connectivity index (χ0n) is 12.3. The van der Waals surface area contributed by atoms with Crippen molar-refractivity contribution in [1.82, 2.24) is 24.5 Å². The topological polar surface area (TPSA) is 68.5 Å². The fraction of sp³-hybridized carbons (Fsp3) is 0.0588. The van der Waals surface area contributed by atoms with Crippen LogP contribution in [0.5, 0.6) is 0 Å². The maximum absolute atomic E-state index is 4.34. The largest absolute Gasteiger partial charge is 0.378 e. The first kappa shape index (κ1) is 13.4. The molecule has 0 atom stereocenters. The number of fused-ring (bicyclic) bond motifs is 1. The molecule has 3 aromatic heterocycles. The van der Waals surface area contributed by atoms with E-state index in [1.807, 2.05) is 35.2 Å². The molecule has 0 fully saturated rings. The molecule has 0 amide bonds. The molecule has 0 aliphatic heterocycles. The molecule has 23 heavy (non-hydrogen) atoms. The van der Waals surface area contributed by atoms with E-state index in [0.29, 0.717) is 6.54 Å². The van der Waals surface area contributed by atoms with Gasteiger partial charge in [-0.1, -0.05) is 6.07 Å². The van der Waals surface area contributed by atoms with Gasteiger partial charge in [0.25, 0.3) is 0 Å². The van der Waals surface area contributed by atoms with Crippen LogP contribution in [-0.2, 0) is 6.54 Å². The molecule has 4 aromatic rings. The Labute approximate surface area is 132 Å². The normalized spacial score (nSPS) is 10.8. The van der Waals surface area contributed by atoms with Crippen molar-refractivity contribution in [2.45, 2.75) is 6.54 Å². The quantitative estimate of drug-likeness (QED) is 0.628. The Kier molecular flexibility index (Phi) is 3.40. The van der Waals surface area contributed by atoms with Crippen LogP contribution in [-0.4, -0.2) is 24.5 Å². The summed E-state index contributed by atoms with van der Waals surface area (Å²) in [6.07, 6.45) is 12.4. The number of anilines is 1. The van der Waals surface area contributed by atoms with Gasteiger partial charge in [-0.2, -0.15) is 0 Å². The number of pyridine rings is 1. The van der Waals surface area contributed by atoms with Crippen LogP contribution in [0.3, 0.4) is 0 Å². The number of hydrogen-bond acceptors (Lipinski definition) is 5. The molecule has 3 heterocycles. The molecule has 0 aliphatic carbocycles. The Bertz CT molecular complexity index is 933. The molecule has 0 unspecified atom stereocenters. The van der Waals surface area contributed by atoms with E-state index in [0.717, 1.165) is 28.0 Å². The predicted molar refractivity (Wildman–Crippen MR) is 88.2 cm³/mol. The van der Waals surface area contributed by atoms with E-state index in [1.165, 1.54) is 0 Å². The molecule has 0 spiro atoms. The first-order valence-corrected chi connectivity index (χ1v) is 7.26. The third-order valence-corrected chi connectivity index (χ3v) is 3.60. The van der Waals surface area contributed by atoms with E-state index < -0.39 is 0 Å². The van der Waals surface area contributed by atoms with Gasteiger partial charge in [0.15, 0.2) is 0 Å². The van der Waals surface area contributed by atoms with Gasteiger partial charge in [0, 0.05) is 37.5 Å². The SMILES string of the molecule is c1cc(-n2ccnc2)c(NCc2ccc3nccnc3c2)cn1. The van der Waals surface area contributed by atoms with Crippen molar-refractivity contribution < 1.29 is 0 Å². The minimum Gasteiger partial charge on any atom is -0.378 e. The highest BCUT2D eigenvalue weighted by Gasteiger charge is 2.04. The molecule has 112 valence electrons.